The average molecular weight is 655 g/mol. The van der Waals surface area contributed by atoms with Crippen LogP contribution in [0.15, 0.2) is 71.7 Å². The quantitative estimate of drug-likeness (QED) is 0.232. The maximum Gasteiger partial charge on any atom is 0.573 e. The lowest BCUT2D eigenvalue weighted by Crippen LogP contribution is -2.32. The van der Waals surface area contributed by atoms with Crippen molar-refractivity contribution in [1.82, 2.24) is 29.2 Å². The summed E-state index contributed by atoms with van der Waals surface area (Å²) in [6, 6.07) is 12.5. The third-order valence-corrected chi connectivity index (χ3v) is 7.95. The number of hydrogen-bond acceptors (Lipinski definition) is 8. The molecule has 0 aliphatic rings. The monoisotopic (exact) mass is 654 g/mol. The molecular formula is C26H20F6N8O4S. The minimum atomic E-state index is -4.96. The molecule has 236 valence electrons. The summed E-state index contributed by atoms with van der Waals surface area (Å²) in [5.74, 6) is -1.67. The number of benzene rings is 3. The molecule has 0 unspecified atom stereocenters. The maximum atomic E-state index is 13.7. The molecule has 0 aliphatic carbocycles. The van der Waals surface area contributed by atoms with Crippen molar-refractivity contribution in [1.29, 1.82) is 0 Å². The van der Waals surface area contributed by atoms with Crippen LogP contribution in [-0.2, 0) is 22.7 Å². The fourth-order valence-electron chi connectivity index (χ4n) is 4.25. The second-order valence-electron chi connectivity index (χ2n) is 9.29. The molecular weight excluding hydrogens is 634 g/mol. The van der Waals surface area contributed by atoms with Gasteiger partial charge in [0.05, 0.1) is 34.6 Å². The van der Waals surface area contributed by atoms with Gasteiger partial charge in [-0.25, -0.2) is 17.4 Å². The minimum absolute atomic E-state index is 0.0156. The van der Waals surface area contributed by atoms with E-state index in [4.69, 9.17) is 0 Å². The lowest BCUT2D eigenvalue weighted by molar-refractivity contribution is -0.274. The van der Waals surface area contributed by atoms with Crippen LogP contribution in [0.3, 0.4) is 0 Å². The van der Waals surface area contributed by atoms with Gasteiger partial charge >= 0.3 is 12.5 Å². The Morgan fingerprint density at radius 1 is 0.978 bits per heavy atom. The lowest BCUT2D eigenvalue weighted by atomic mass is 10.1. The molecule has 5 rings (SSSR count). The van der Waals surface area contributed by atoms with Gasteiger partial charge in [0.25, 0.3) is 11.9 Å². The predicted octanol–water partition coefficient (Wildman–Crippen LogP) is 4.60. The zero-order valence-corrected chi connectivity index (χ0v) is 23.6. The topological polar surface area (TPSA) is 149 Å². The van der Waals surface area contributed by atoms with Gasteiger partial charge in [-0.15, -0.1) is 18.3 Å². The Hall–Kier alpha value is -5.20. The molecule has 3 aromatic carbocycles. The third-order valence-electron chi connectivity index (χ3n) is 6.31. The second-order valence-corrected chi connectivity index (χ2v) is 11.4. The van der Waals surface area contributed by atoms with E-state index in [0.717, 1.165) is 46.4 Å². The number of imidazole rings is 1. The number of hydrogen-bond donors (Lipinski definition) is 2. The van der Waals surface area contributed by atoms with E-state index < -0.39 is 45.5 Å². The average Bonchev–Trinajstić information content (AvgIpc) is 3.59. The van der Waals surface area contributed by atoms with E-state index in [2.05, 4.69) is 35.7 Å². The van der Waals surface area contributed by atoms with E-state index in [-0.39, 0.29) is 40.4 Å². The molecule has 0 fully saturated rings. The standard InChI is InChI=1S/C26H20F6N8O4S/c1-2-45(42,43)40-20-12-7-17(25(27,28)29)13-21(20)39(24(40)33-18-8-10-19(11-9-18)44-26(30,31)32)14-15-3-5-16(6-4-15)22(41)34-23-35-37-38-36-23/h3-13H,2,14H2,1H3,(H2,34,35,36,37,38,41). The molecule has 0 aliphatic heterocycles. The molecule has 0 spiro atoms. The van der Waals surface area contributed by atoms with Gasteiger partial charge < -0.3 is 9.30 Å². The first kappa shape index (κ1) is 31.2. The summed E-state index contributed by atoms with van der Waals surface area (Å²) < 4.78 is 112. The van der Waals surface area contributed by atoms with Gasteiger partial charge in [0.2, 0.25) is 15.6 Å². The number of tetrazole rings is 1. The number of rotatable bonds is 8. The molecule has 19 heteroatoms. The van der Waals surface area contributed by atoms with Gasteiger partial charge in [0.1, 0.15) is 5.75 Å². The molecule has 2 heterocycles. The van der Waals surface area contributed by atoms with Crippen LogP contribution in [0.5, 0.6) is 5.75 Å². The van der Waals surface area contributed by atoms with Crippen LogP contribution in [0.4, 0.5) is 38.0 Å². The van der Waals surface area contributed by atoms with Crippen LogP contribution >= 0.6 is 0 Å². The van der Waals surface area contributed by atoms with Gasteiger partial charge in [0, 0.05) is 5.56 Å². The number of nitrogens with one attached hydrogen (secondary N) is 2. The summed E-state index contributed by atoms with van der Waals surface area (Å²) >= 11 is 0. The fourth-order valence-corrected chi connectivity index (χ4v) is 5.35. The summed E-state index contributed by atoms with van der Waals surface area (Å²) in [6.07, 6.45) is -9.72. The lowest BCUT2D eigenvalue weighted by Gasteiger charge is -2.10. The normalized spacial score (nSPS) is 12.9. The van der Waals surface area contributed by atoms with Crippen LogP contribution in [0.2, 0.25) is 0 Å². The van der Waals surface area contributed by atoms with Gasteiger partial charge in [-0.05, 0) is 72.3 Å². The van der Waals surface area contributed by atoms with Crippen molar-refractivity contribution in [3.05, 3.63) is 89.0 Å². The Morgan fingerprint density at radius 2 is 1.67 bits per heavy atom. The second kappa shape index (κ2) is 11.7. The Balaban J connectivity index is 1.66. The summed E-state index contributed by atoms with van der Waals surface area (Å²) in [4.78, 5) is 16.8. The van der Waals surface area contributed by atoms with Crippen molar-refractivity contribution in [2.24, 2.45) is 4.99 Å². The van der Waals surface area contributed by atoms with E-state index in [9.17, 15) is 39.6 Å². The largest absolute Gasteiger partial charge is 0.573 e. The highest BCUT2D eigenvalue weighted by Crippen LogP contribution is 2.32. The molecule has 0 radical (unpaired) electrons. The molecule has 2 aromatic heterocycles. The first-order valence-corrected chi connectivity index (χ1v) is 14.4. The molecule has 0 saturated heterocycles. The van der Waals surface area contributed by atoms with Gasteiger partial charge in [-0.1, -0.05) is 17.2 Å². The molecule has 45 heavy (non-hydrogen) atoms. The van der Waals surface area contributed by atoms with Crippen LogP contribution in [0.25, 0.3) is 11.0 Å². The highest BCUT2D eigenvalue weighted by atomic mass is 32.2. The first-order valence-electron chi connectivity index (χ1n) is 12.7. The number of aromatic nitrogens is 6. The zero-order chi connectivity index (χ0) is 32.6. The first-order chi connectivity index (χ1) is 21.1. The number of halogens is 6. The highest BCUT2D eigenvalue weighted by Gasteiger charge is 2.33. The van der Waals surface area contributed by atoms with Crippen molar-refractivity contribution in [2.75, 3.05) is 11.1 Å². The SMILES string of the molecule is CCS(=O)(=O)n1c(=Nc2ccc(OC(F)(F)F)cc2)n(Cc2ccc(C(=O)Nc3nn[nH]n3)cc2)c2cc(C(F)(F)F)ccc21. The Kier molecular flexibility index (Phi) is 8.13. The van der Waals surface area contributed by atoms with E-state index in [1.807, 2.05) is 0 Å². The van der Waals surface area contributed by atoms with Crippen LogP contribution in [0, 0.1) is 0 Å². The predicted molar refractivity (Wildman–Crippen MR) is 146 cm³/mol. The van der Waals surface area contributed by atoms with E-state index in [0.29, 0.717) is 5.56 Å². The summed E-state index contributed by atoms with van der Waals surface area (Å²) in [7, 11) is -4.20. The van der Waals surface area contributed by atoms with E-state index >= 15 is 0 Å². The van der Waals surface area contributed by atoms with Crippen molar-refractivity contribution in [3.8, 4) is 5.75 Å². The fraction of sp³-hybridized carbons (Fsp3) is 0.192. The van der Waals surface area contributed by atoms with Crippen LogP contribution in [0.1, 0.15) is 28.4 Å². The molecule has 12 nitrogen and oxygen atoms in total. The number of fused-ring (bicyclic) bond motifs is 1. The Labute approximate surface area is 249 Å². The van der Waals surface area contributed by atoms with E-state index in [1.54, 1.807) is 0 Å². The molecule has 1 amide bonds. The van der Waals surface area contributed by atoms with Crippen molar-refractivity contribution < 1.29 is 44.3 Å². The number of aromatic amines is 1. The van der Waals surface area contributed by atoms with Gasteiger partial charge in [-0.2, -0.15) is 18.4 Å². The van der Waals surface area contributed by atoms with Crippen LogP contribution < -0.4 is 15.7 Å². The minimum Gasteiger partial charge on any atom is -0.406 e. The summed E-state index contributed by atoms with van der Waals surface area (Å²) in [5.41, 5.74) is -1.04. The maximum absolute atomic E-state index is 13.7. The molecule has 0 bridgehead atoms. The molecule has 5 aromatic rings. The van der Waals surface area contributed by atoms with Crippen LogP contribution in [-0.4, -0.2) is 55.6 Å². The third kappa shape index (κ3) is 6.97. The van der Waals surface area contributed by atoms with Gasteiger partial charge in [-0.3, -0.25) is 10.1 Å². The Morgan fingerprint density at radius 3 is 2.24 bits per heavy atom. The number of ether oxygens (including phenoxy) is 1. The Bertz CT molecular complexity index is 2020. The molecule has 2 N–H and O–H groups in total. The van der Waals surface area contributed by atoms with Gasteiger partial charge in [0.15, 0.2) is 0 Å². The number of H-pyrrole nitrogens is 1. The highest BCUT2D eigenvalue weighted by molar-refractivity contribution is 7.90. The number of carbonyl (C=O) groups is 1. The number of anilines is 1. The summed E-state index contributed by atoms with van der Waals surface area (Å²) in [6.45, 7) is 1.12. The zero-order valence-electron chi connectivity index (χ0n) is 22.8. The summed E-state index contributed by atoms with van der Waals surface area (Å²) in [5, 5.41) is 15.2. The molecule has 0 atom stereocenters. The smallest absolute Gasteiger partial charge is 0.406 e. The van der Waals surface area contributed by atoms with E-state index in [1.165, 1.54) is 35.8 Å². The number of carbonyl (C=O) groups excluding carboxylic acids is 1. The molecule has 0 saturated carbocycles. The number of nitrogens with zero attached hydrogens (tertiary/aromatic N) is 6. The van der Waals surface area contributed by atoms with Crippen molar-refractivity contribution >= 4 is 38.6 Å². The van der Waals surface area contributed by atoms with Crippen molar-refractivity contribution in [2.45, 2.75) is 26.0 Å². The van der Waals surface area contributed by atoms with Crippen molar-refractivity contribution in [3.63, 3.8) is 0 Å². The number of amides is 1. The number of alkyl halides is 6.